The topological polar surface area (TPSA) is 41.1 Å². The van der Waals surface area contributed by atoms with Crippen LogP contribution in [0.3, 0.4) is 0 Å². The van der Waals surface area contributed by atoms with Crippen LogP contribution in [-0.2, 0) is 4.79 Å². The summed E-state index contributed by atoms with van der Waals surface area (Å²) in [7, 11) is 0. The number of alkyl halides is 2. The molecule has 0 aromatic carbocycles. The van der Waals surface area contributed by atoms with Gasteiger partial charge < -0.3 is 10.6 Å². The summed E-state index contributed by atoms with van der Waals surface area (Å²) in [6, 6.07) is -0.0449. The first-order valence-corrected chi connectivity index (χ1v) is 4.97. The maximum absolute atomic E-state index is 12.0. The number of carbonyl (C=O) groups is 1. The van der Waals surface area contributed by atoms with Gasteiger partial charge in [0.15, 0.2) is 0 Å². The Morgan fingerprint density at radius 2 is 2.14 bits per heavy atom. The molecule has 2 aliphatic rings. The zero-order valence-electron chi connectivity index (χ0n) is 7.80. The lowest BCUT2D eigenvalue weighted by Crippen LogP contribution is -2.42. The molecule has 1 aliphatic carbocycles. The van der Waals surface area contributed by atoms with Gasteiger partial charge in [-0.1, -0.05) is 0 Å². The molecule has 1 saturated carbocycles. The van der Waals surface area contributed by atoms with Gasteiger partial charge in [-0.15, -0.1) is 0 Å². The van der Waals surface area contributed by atoms with Crippen LogP contribution in [0.5, 0.6) is 0 Å². The van der Waals surface area contributed by atoms with Gasteiger partial charge in [-0.3, -0.25) is 4.79 Å². The van der Waals surface area contributed by atoms with E-state index in [0.717, 1.165) is 25.9 Å². The smallest absolute Gasteiger partial charge is 0.315 e. The second kappa shape index (κ2) is 3.81. The van der Waals surface area contributed by atoms with Crippen molar-refractivity contribution in [3.63, 3.8) is 0 Å². The van der Waals surface area contributed by atoms with Gasteiger partial charge in [-0.05, 0) is 31.2 Å². The first kappa shape index (κ1) is 9.83. The van der Waals surface area contributed by atoms with E-state index in [-0.39, 0.29) is 6.04 Å². The molecule has 2 fully saturated rings. The molecule has 3 nitrogen and oxygen atoms in total. The Balaban J connectivity index is 1.90. The Bertz CT molecular complexity index is 235. The molecule has 1 amide bonds. The number of hydrogen-bond donors (Lipinski definition) is 2. The van der Waals surface area contributed by atoms with Gasteiger partial charge in [0.05, 0.1) is 0 Å². The SMILES string of the molecule is O=C(NC1CCC2CNCC21)C(F)F. The van der Waals surface area contributed by atoms with E-state index in [9.17, 15) is 13.6 Å². The number of carbonyl (C=O) groups excluding carboxylic acids is 1. The summed E-state index contributed by atoms with van der Waals surface area (Å²) >= 11 is 0. The average Bonchev–Trinajstić information content (AvgIpc) is 2.69. The Morgan fingerprint density at radius 3 is 2.86 bits per heavy atom. The van der Waals surface area contributed by atoms with Crippen molar-refractivity contribution >= 4 is 5.91 Å². The van der Waals surface area contributed by atoms with Crippen LogP contribution in [-0.4, -0.2) is 31.5 Å². The van der Waals surface area contributed by atoms with Crippen molar-refractivity contribution in [2.24, 2.45) is 11.8 Å². The maximum Gasteiger partial charge on any atom is 0.315 e. The van der Waals surface area contributed by atoms with Gasteiger partial charge in [-0.25, -0.2) is 0 Å². The molecule has 14 heavy (non-hydrogen) atoms. The Kier molecular flexibility index (Phi) is 2.67. The minimum atomic E-state index is -2.89. The molecule has 2 rings (SSSR count). The van der Waals surface area contributed by atoms with Crippen LogP contribution in [0.2, 0.25) is 0 Å². The minimum Gasteiger partial charge on any atom is -0.348 e. The van der Waals surface area contributed by atoms with E-state index in [0.29, 0.717) is 11.8 Å². The van der Waals surface area contributed by atoms with Crippen molar-refractivity contribution in [2.75, 3.05) is 13.1 Å². The summed E-state index contributed by atoms with van der Waals surface area (Å²) in [6.45, 7) is 1.81. The Labute approximate surface area is 81.2 Å². The number of amides is 1. The van der Waals surface area contributed by atoms with Crippen LogP contribution in [0.4, 0.5) is 8.78 Å². The van der Waals surface area contributed by atoms with E-state index in [4.69, 9.17) is 0 Å². The van der Waals surface area contributed by atoms with E-state index >= 15 is 0 Å². The molecule has 0 bridgehead atoms. The van der Waals surface area contributed by atoms with Crippen LogP contribution in [0.15, 0.2) is 0 Å². The van der Waals surface area contributed by atoms with Gasteiger partial charge in [0.2, 0.25) is 0 Å². The lowest BCUT2D eigenvalue weighted by atomic mass is 9.98. The molecule has 1 heterocycles. The third kappa shape index (κ3) is 1.73. The standard InChI is InChI=1S/C9H14F2N2O/c10-8(11)9(14)13-7-2-1-5-3-12-4-6(5)7/h5-8,12H,1-4H2,(H,13,14). The van der Waals surface area contributed by atoms with Crippen molar-refractivity contribution in [2.45, 2.75) is 25.3 Å². The van der Waals surface area contributed by atoms with Gasteiger partial charge in [-0.2, -0.15) is 8.78 Å². The normalized spacial score (nSPS) is 36.1. The predicted molar refractivity (Wildman–Crippen MR) is 47.0 cm³/mol. The van der Waals surface area contributed by atoms with Gasteiger partial charge in [0.1, 0.15) is 0 Å². The molecular weight excluding hydrogens is 190 g/mol. The maximum atomic E-state index is 12.0. The summed E-state index contributed by atoms with van der Waals surface area (Å²) in [5.41, 5.74) is 0. The molecule has 5 heteroatoms. The molecule has 3 atom stereocenters. The number of nitrogens with one attached hydrogen (secondary N) is 2. The highest BCUT2D eigenvalue weighted by Crippen LogP contribution is 2.34. The highest BCUT2D eigenvalue weighted by Gasteiger charge is 2.40. The van der Waals surface area contributed by atoms with Crippen molar-refractivity contribution < 1.29 is 13.6 Å². The summed E-state index contributed by atoms with van der Waals surface area (Å²) < 4.78 is 24.0. The van der Waals surface area contributed by atoms with E-state index < -0.39 is 12.3 Å². The van der Waals surface area contributed by atoms with Gasteiger partial charge >= 0.3 is 6.43 Å². The zero-order chi connectivity index (χ0) is 10.1. The molecule has 0 aromatic rings. The van der Waals surface area contributed by atoms with Crippen LogP contribution in [0.25, 0.3) is 0 Å². The molecular formula is C9H14F2N2O. The monoisotopic (exact) mass is 204 g/mol. The summed E-state index contributed by atoms with van der Waals surface area (Å²) in [5.74, 6) is -0.196. The predicted octanol–water partition coefficient (Wildman–Crippen LogP) is 0.366. The molecule has 3 unspecified atom stereocenters. The second-order valence-corrected chi connectivity index (χ2v) is 4.08. The van der Waals surface area contributed by atoms with Crippen LogP contribution in [0, 0.1) is 11.8 Å². The van der Waals surface area contributed by atoms with Crippen molar-refractivity contribution in [3.8, 4) is 0 Å². The Morgan fingerprint density at radius 1 is 1.36 bits per heavy atom. The number of halogens is 2. The number of hydrogen-bond acceptors (Lipinski definition) is 2. The molecule has 80 valence electrons. The molecule has 2 N–H and O–H groups in total. The van der Waals surface area contributed by atoms with Gasteiger partial charge in [0.25, 0.3) is 5.91 Å². The van der Waals surface area contributed by atoms with E-state index in [2.05, 4.69) is 10.6 Å². The fourth-order valence-corrected chi connectivity index (χ4v) is 2.57. The lowest BCUT2D eigenvalue weighted by molar-refractivity contribution is -0.132. The quantitative estimate of drug-likeness (QED) is 0.682. The zero-order valence-corrected chi connectivity index (χ0v) is 7.80. The lowest BCUT2D eigenvalue weighted by Gasteiger charge is -2.18. The number of rotatable bonds is 2. The second-order valence-electron chi connectivity index (χ2n) is 4.08. The number of fused-ring (bicyclic) bond motifs is 1. The van der Waals surface area contributed by atoms with E-state index in [1.54, 1.807) is 0 Å². The van der Waals surface area contributed by atoms with Gasteiger partial charge in [0, 0.05) is 12.6 Å². The molecule has 0 radical (unpaired) electrons. The van der Waals surface area contributed by atoms with Crippen LogP contribution >= 0.6 is 0 Å². The first-order valence-electron chi connectivity index (χ1n) is 4.97. The molecule has 0 spiro atoms. The summed E-state index contributed by atoms with van der Waals surface area (Å²) in [4.78, 5) is 10.8. The van der Waals surface area contributed by atoms with Crippen molar-refractivity contribution in [1.29, 1.82) is 0 Å². The highest BCUT2D eigenvalue weighted by atomic mass is 19.3. The van der Waals surface area contributed by atoms with E-state index in [1.165, 1.54) is 0 Å². The molecule has 0 aromatic heterocycles. The summed E-state index contributed by atoms with van der Waals surface area (Å²) in [6.07, 6.45) is -1.01. The van der Waals surface area contributed by atoms with Crippen molar-refractivity contribution in [1.82, 2.24) is 10.6 Å². The molecule has 1 aliphatic heterocycles. The fraction of sp³-hybridized carbons (Fsp3) is 0.889. The first-order chi connectivity index (χ1) is 6.68. The van der Waals surface area contributed by atoms with Crippen molar-refractivity contribution in [3.05, 3.63) is 0 Å². The largest absolute Gasteiger partial charge is 0.348 e. The average molecular weight is 204 g/mol. The third-order valence-corrected chi connectivity index (χ3v) is 3.28. The van der Waals surface area contributed by atoms with Crippen LogP contribution < -0.4 is 10.6 Å². The Hall–Kier alpha value is -0.710. The third-order valence-electron chi connectivity index (χ3n) is 3.28. The highest BCUT2D eigenvalue weighted by molar-refractivity contribution is 5.79. The van der Waals surface area contributed by atoms with Crippen LogP contribution in [0.1, 0.15) is 12.8 Å². The minimum absolute atomic E-state index is 0.0449. The summed E-state index contributed by atoms with van der Waals surface area (Å²) in [5, 5.41) is 5.64. The van der Waals surface area contributed by atoms with E-state index in [1.807, 2.05) is 0 Å². The fourth-order valence-electron chi connectivity index (χ4n) is 2.57. The molecule has 1 saturated heterocycles.